The highest BCUT2D eigenvalue weighted by atomic mass is 16.3. The number of nitrogens with one attached hydrogen (secondary N) is 2. The third kappa shape index (κ3) is 4.45. The molecule has 150 valence electrons. The van der Waals surface area contributed by atoms with E-state index in [0.717, 1.165) is 22.6 Å². The Morgan fingerprint density at radius 1 is 0.966 bits per heavy atom. The summed E-state index contributed by atoms with van der Waals surface area (Å²) in [6, 6.07) is 12.7. The first kappa shape index (κ1) is 20.1. The molecule has 0 fully saturated rings. The third-order valence-corrected chi connectivity index (χ3v) is 4.61. The van der Waals surface area contributed by atoms with Gasteiger partial charge in [-0.1, -0.05) is 11.6 Å². The second kappa shape index (κ2) is 8.60. The fourth-order valence-electron chi connectivity index (χ4n) is 3.18. The van der Waals surface area contributed by atoms with Crippen molar-refractivity contribution in [3.63, 3.8) is 0 Å². The molecule has 0 aliphatic carbocycles. The Hall–Kier alpha value is -3.61. The first-order valence-corrected chi connectivity index (χ1v) is 9.35. The number of aromatic nitrogens is 2. The largest absolute Gasteiger partial charge is 0.505 e. The summed E-state index contributed by atoms with van der Waals surface area (Å²) in [4.78, 5) is 28.7. The van der Waals surface area contributed by atoms with Crippen molar-refractivity contribution in [3.05, 3.63) is 76.9 Å². The standard InChI is InChI=1S/C22H24N4O3/c1-14-6-9-18(26-15(2)7-8-16(26)3)17(13-14)21(28)24-11-12-25-22(29)20-19(27)5-4-10-23-20/h4-10,13,27H,11-12H2,1-3H3,(H,24,28)(H,25,29). The molecule has 2 aromatic heterocycles. The topological polar surface area (TPSA) is 96.3 Å². The fourth-order valence-corrected chi connectivity index (χ4v) is 3.18. The van der Waals surface area contributed by atoms with E-state index in [9.17, 15) is 14.7 Å². The first-order chi connectivity index (χ1) is 13.9. The zero-order valence-corrected chi connectivity index (χ0v) is 16.7. The number of nitrogens with zero attached hydrogens (tertiary/aromatic N) is 2. The maximum Gasteiger partial charge on any atom is 0.273 e. The van der Waals surface area contributed by atoms with Crippen LogP contribution in [0.2, 0.25) is 0 Å². The van der Waals surface area contributed by atoms with Crippen molar-refractivity contribution in [2.45, 2.75) is 20.8 Å². The van der Waals surface area contributed by atoms with Crippen LogP contribution in [0.5, 0.6) is 5.75 Å². The van der Waals surface area contributed by atoms with Gasteiger partial charge in [0.25, 0.3) is 11.8 Å². The number of rotatable bonds is 6. The van der Waals surface area contributed by atoms with Gasteiger partial charge >= 0.3 is 0 Å². The summed E-state index contributed by atoms with van der Waals surface area (Å²) in [5.74, 6) is -0.894. The molecule has 29 heavy (non-hydrogen) atoms. The second-order valence-electron chi connectivity index (χ2n) is 6.86. The van der Waals surface area contributed by atoms with Crippen molar-refractivity contribution in [3.8, 4) is 11.4 Å². The summed E-state index contributed by atoms with van der Waals surface area (Å²) in [7, 11) is 0. The summed E-state index contributed by atoms with van der Waals surface area (Å²) < 4.78 is 2.04. The number of amides is 2. The summed E-state index contributed by atoms with van der Waals surface area (Å²) in [6.07, 6.45) is 1.43. The number of pyridine rings is 1. The van der Waals surface area contributed by atoms with Gasteiger partial charge in [0.1, 0.15) is 5.75 Å². The number of aromatic hydroxyl groups is 1. The molecule has 0 radical (unpaired) electrons. The predicted molar refractivity (Wildman–Crippen MR) is 111 cm³/mol. The Morgan fingerprint density at radius 2 is 1.62 bits per heavy atom. The molecular formula is C22H24N4O3. The van der Waals surface area contributed by atoms with E-state index in [2.05, 4.69) is 15.6 Å². The van der Waals surface area contributed by atoms with Crippen LogP contribution in [0.1, 0.15) is 37.8 Å². The molecule has 0 unspecified atom stereocenters. The third-order valence-electron chi connectivity index (χ3n) is 4.61. The molecule has 1 aromatic carbocycles. The molecular weight excluding hydrogens is 368 g/mol. The van der Waals surface area contributed by atoms with Crippen LogP contribution in [0, 0.1) is 20.8 Å². The summed E-state index contributed by atoms with van der Waals surface area (Å²) in [5.41, 5.74) is 4.42. The number of aryl methyl sites for hydroxylation is 3. The van der Waals surface area contributed by atoms with Gasteiger partial charge in [0.15, 0.2) is 5.69 Å². The van der Waals surface area contributed by atoms with Crippen molar-refractivity contribution in [2.24, 2.45) is 0 Å². The maximum atomic E-state index is 12.8. The highest BCUT2D eigenvalue weighted by Crippen LogP contribution is 2.21. The summed E-state index contributed by atoms with van der Waals surface area (Å²) >= 11 is 0. The number of hydrogen-bond donors (Lipinski definition) is 3. The SMILES string of the molecule is Cc1ccc(-n2c(C)ccc2C)c(C(=O)NCCNC(=O)c2ncccc2O)c1. The zero-order valence-electron chi connectivity index (χ0n) is 16.7. The Morgan fingerprint density at radius 3 is 2.28 bits per heavy atom. The molecule has 0 bridgehead atoms. The highest BCUT2D eigenvalue weighted by molar-refractivity contribution is 5.98. The van der Waals surface area contributed by atoms with E-state index < -0.39 is 5.91 Å². The van der Waals surface area contributed by atoms with E-state index in [-0.39, 0.29) is 30.4 Å². The van der Waals surface area contributed by atoms with Crippen molar-refractivity contribution in [1.82, 2.24) is 20.2 Å². The van der Waals surface area contributed by atoms with Crippen LogP contribution < -0.4 is 10.6 Å². The number of carbonyl (C=O) groups is 2. The molecule has 2 amide bonds. The van der Waals surface area contributed by atoms with Crippen LogP contribution in [0.25, 0.3) is 5.69 Å². The minimum atomic E-state index is -0.493. The molecule has 3 aromatic rings. The van der Waals surface area contributed by atoms with Crippen LogP contribution in [0.15, 0.2) is 48.7 Å². The lowest BCUT2D eigenvalue weighted by Crippen LogP contribution is -2.35. The molecule has 0 saturated heterocycles. The minimum Gasteiger partial charge on any atom is -0.505 e. The lowest BCUT2D eigenvalue weighted by atomic mass is 10.1. The van der Waals surface area contributed by atoms with Crippen LogP contribution >= 0.6 is 0 Å². The number of carbonyl (C=O) groups excluding carboxylic acids is 2. The van der Waals surface area contributed by atoms with E-state index in [1.165, 1.54) is 12.3 Å². The predicted octanol–water partition coefficient (Wildman–Crippen LogP) is 2.66. The number of hydrogen-bond acceptors (Lipinski definition) is 4. The van der Waals surface area contributed by atoms with Gasteiger partial charge < -0.3 is 20.3 Å². The molecule has 7 nitrogen and oxygen atoms in total. The van der Waals surface area contributed by atoms with Crippen LogP contribution in [0.3, 0.4) is 0 Å². The molecule has 3 rings (SSSR count). The molecule has 0 aliphatic heterocycles. The van der Waals surface area contributed by atoms with Gasteiger partial charge in [0, 0.05) is 30.7 Å². The van der Waals surface area contributed by atoms with E-state index >= 15 is 0 Å². The first-order valence-electron chi connectivity index (χ1n) is 9.35. The second-order valence-corrected chi connectivity index (χ2v) is 6.86. The van der Waals surface area contributed by atoms with Gasteiger partial charge in [-0.15, -0.1) is 0 Å². The normalized spacial score (nSPS) is 10.6. The Bertz CT molecular complexity index is 1040. The quantitative estimate of drug-likeness (QED) is 0.562. The highest BCUT2D eigenvalue weighted by Gasteiger charge is 2.16. The Kier molecular flexibility index (Phi) is 5.97. The molecule has 0 saturated carbocycles. The van der Waals surface area contributed by atoms with Crippen LogP contribution in [0.4, 0.5) is 0 Å². The molecule has 3 N–H and O–H groups in total. The lowest BCUT2D eigenvalue weighted by molar-refractivity contribution is 0.0923. The van der Waals surface area contributed by atoms with Crippen molar-refractivity contribution in [2.75, 3.05) is 13.1 Å². The van der Waals surface area contributed by atoms with E-state index in [0.29, 0.717) is 5.56 Å². The smallest absolute Gasteiger partial charge is 0.273 e. The van der Waals surface area contributed by atoms with E-state index in [4.69, 9.17) is 0 Å². The van der Waals surface area contributed by atoms with Gasteiger partial charge in [-0.2, -0.15) is 0 Å². The van der Waals surface area contributed by atoms with Crippen molar-refractivity contribution in [1.29, 1.82) is 0 Å². The number of benzene rings is 1. The minimum absolute atomic E-state index is 0.0432. The average Bonchev–Trinajstić information content (AvgIpc) is 3.03. The molecule has 0 atom stereocenters. The van der Waals surface area contributed by atoms with Crippen molar-refractivity contribution < 1.29 is 14.7 Å². The molecule has 0 spiro atoms. The monoisotopic (exact) mass is 392 g/mol. The molecule has 7 heteroatoms. The average molecular weight is 392 g/mol. The Balaban J connectivity index is 1.66. The zero-order chi connectivity index (χ0) is 21.0. The van der Waals surface area contributed by atoms with E-state index in [1.807, 2.05) is 55.7 Å². The van der Waals surface area contributed by atoms with Crippen molar-refractivity contribution >= 4 is 11.8 Å². The van der Waals surface area contributed by atoms with Gasteiger partial charge in [-0.25, -0.2) is 4.98 Å². The molecule has 2 heterocycles. The lowest BCUT2D eigenvalue weighted by Gasteiger charge is -2.15. The van der Waals surface area contributed by atoms with Gasteiger partial charge in [-0.3, -0.25) is 9.59 Å². The fraction of sp³-hybridized carbons (Fsp3) is 0.227. The van der Waals surface area contributed by atoms with Gasteiger partial charge in [-0.05, 0) is 57.2 Å². The van der Waals surface area contributed by atoms with Crippen LogP contribution in [-0.4, -0.2) is 39.6 Å². The van der Waals surface area contributed by atoms with Gasteiger partial charge in [0.05, 0.1) is 11.3 Å². The molecule has 0 aliphatic rings. The Labute approximate surface area is 169 Å². The van der Waals surface area contributed by atoms with Crippen LogP contribution in [-0.2, 0) is 0 Å². The van der Waals surface area contributed by atoms with Gasteiger partial charge in [0.2, 0.25) is 0 Å². The summed E-state index contributed by atoms with van der Waals surface area (Å²) in [5, 5.41) is 15.1. The van der Waals surface area contributed by atoms with E-state index in [1.54, 1.807) is 6.07 Å². The summed E-state index contributed by atoms with van der Waals surface area (Å²) in [6.45, 7) is 6.39. The maximum absolute atomic E-state index is 12.8.